The van der Waals surface area contributed by atoms with Crippen LogP contribution in [0.1, 0.15) is 23.6 Å². The maximum atomic E-state index is 13.4. The molecule has 5 nitrogen and oxygen atoms in total. The van der Waals surface area contributed by atoms with Gasteiger partial charge < -0.3 is 10.1 Å². The summed E-state index contributed by atoms with van der Waals surface area (Å²) in [6, 6.07) is 24.5. The quantitative estimate of drug-likeness (QED) is 0.567. The highest BCUT2D eigenvalue weighted by atomic mass is 16.5. The minimum atomic E-state index is -0.335. The summed E-state index contributed by atoms with van der Waals surface area (Å²) in [4.78, 5) is 28.0. The van der Waals surface area contributed by atoms with Crippen molar-refractivity contribution < 1.29 is 14.3 Å². The van der Waals surface area contributed by atoms with Crippen LogP contribution < -0.4 is 10.1 Å². The van der Waals surface area contributed by atoms with Gasteiger partial charge in [-0.15, -0.1) is 0 Å². The number of ether oxygens (including phenoxy) is 1. The van der Waals surface area contributed by atoms with Gasteiger partial charge in [0.2, 0.25) is 0 Å². The van der Waals surface area contributed by atoms with Gasteiger partial charge in [-0.3, -0.25) is 14.5 Å². The Morgan fingerprint density at radius 2 is 1.52 bits per heavy atom. The Morgan fingerprint density at radius 3 is 2.16 bits per heavy atom. The molecule has 0 spiro atoms. The van der Waals surface area contributed by atoms with E-state index in [-0.39, 0.29) is 24.1 Å². The summed E-state index contributed by atoms with van der Waals surface area (Å²) >= 11 is 0. The first-order valence-corrected chi connectivity index (χ1v) is 10.3. The lowest BCUT2D eigenvalue weighted by atomic mass is 10.0. The number of nitrogens with one attached hydrogen (secondary N) is 1. The van der Waals surface area contributed by atoms with Crippen LogP contribution in [0.25, 0.3) is 5.57 Å². The highest BCUT2D eigenvalue weighted by molar-refractivity contribution is 6.36. The summed E-state index contributed by atoms with van der Waals surface area (Å²) in [6.45, 7) is 4.70. The molecule has 0 fully saturated rings. The van der Waals surface area contributed by atoms with Crippen molar-refractivity contribution in [2.24, 2.45) is 0 Å². The van der Waals surface area contributed by atoms with Gasteiger partial charge >= 0.3 is 0 Å². The second kappa shape index (κ2) is 8.88. The van der Waals surface area contributed by atoms with Gasteiger partial charge in [-0.1, -0.05) is 60.2 Å². The number of anilines is 1. The Bertz CT molecular complexity index is 1120. The molecule has 0 aliphatic carbocycles. The van der Waals surface area contributed by atoms with Crippen molar-refractivity contribution in [3.63, 3.8) is 0 Å². The number of aryl methyl sites for hydroxylation is 1. The number of carbonyl (C=O) groups excluding carboxylic acids is 2. The predicted octanol–water partition coefficient (Wildman–Crippen LogP) is 4.79. The van der Waals surface area contributed by atoms with Crippen LogP contribution in [0.2, 0.25) is 0 Å². The van der Waals surface area contributed by atoms with Crippen LogP contribution in [-0.2, 0) is 16.1 Å². The molecule has 0 saturated carbocycles. The molecule has 0 bridgehead atoms. The molecule has 3 aromatic rings. The van der Waals surface area contributed by atoms with Crippen LogP contribution >= 0.6 is 0 Å². The van der Waals surface area contributed by atoms with Crippen molar-refractivity contribution in [3.05, 3.63) is 101 Å². The third kappa shape index (κ3) is 4.36. The van der Waals surface area contributed by atoms with Gasteiger partial charge in [-0.25, -0.2) is 0 Å². The van der Waals surface area contributed by atoms with Crippen molar-refractivity contribution >= 4 is 23.1 Å². The molecule has 3 aromatic carbocycles. The third-order valence-electron chi connectivity index (χ3n) is 5.13. The van der Waals surface area contributed by atoms with Crippen LogP contribution in [0.5, 0.6) is 5.75 Å². The Balaban J connectivity index is 1.71. The minimum absolute atomic E-state index is 0.220. The zero-order chi connectivity index (χ0) is 21.8. The fourth-order valence-electron chi connectivity index (χ4n) is 3.54. The standard InChI is InChI=1S/C26H24N2O3/c1-3-31-22-15-11-20(12-16-22)23-24(27-21-13-9-18(2)10-14-21)26(30)28(25(23)29)17-19-7-5-4-6-8-19/h4-16,27H,3,17H2,1-2H3. The molecule has 0 radical (unpaired) electrons. The summed E-state index contributed by atoms with van der Waals surface area (Å²) < 4.78 is 5.51. The second-order valence-electron chi connectivity index (χ2n) is 7.38. The summed E-state index contributed by atoms with van der Waals surface area (Å²) in [5.74, 6) is 0.0729. The van der Waals surface area contributed by atoms with E-state index in [4.69, 9.17) is 4.74 Å². The Labute approximate surface area is 182 Å². The number of nitrogens with zero attached hydrogens (tertiary/aromatic N) is 1. The van der Waals surface area contributed by atoms with Crippen molar-refractivity contribution in [1.29, 1.82) is 0 Å². The van der Waals surface area contributed by atoms with Gasteiger partial charge in [-0.2, -0.15) is 0 Å². The van der Waals surface area contributed by atoms with E-state index < -0.39 is 0 Å². The third-order valence-corrected chi connectivity index (χ3v) is 5.13. The number of hydrogen-bond donors (Lipinski definition) is 1. The Hall–Kier alpha value is -3.86. The monoisotopic (exact) mass is 412 g/mol. The molecule has 0 atom stereocenters. The fraction of sp³-hybridized carbons (Fsp3) is 0.154. The molecular formula is C26H24N2O3. The summed E-state index contributed by atoms with van der Waals surface area (Å²) in [6.07, 6.45) is 0. The van der Waals surface area contributed by atoms with E-state index >= 15 is 0 Å². The first-order chi connectivity index (χ1) is 15.1. The number of hydrogen-bond acceptors (Lipinski definition) is 4. The van der Waals surface area contributed by atoms with Crippen LogP contribution in [-0.4, -0.2) is 23.3 Å². The number of rotatable bonds is 7. The lowest BCUT2D eigenvalue weighted by Crippen LogP contribution is -2.31. The molecule has 2 amide bonds. The van der Waals surface area contributed by atoms with Gasteiger partial charge in [0.25, 0.3) is 11.8 Å². The average molecular weight is 412 g/mol. The van der Waals surface area contributed by atoms with E-state index in [1.807, 2.05) is 92.7 Å². The van der Waals surface area contributed by atoms with Gasteiger partial charge in [0.15, 0.2) is 0 Å². The molecule has 1 N–H and O–H groups in total. The van der Waals surface area contributed by atoms with E-state index in [9.17, 15) is 9.59 Å². The SMILES string of the molecule is CCOc1ccc(C2=C(Nc3ccc(C)cc3)C(=O)N(Cc3ccccc3)C2=O)cc1. The molecule has 1 heterocycles. The molecule has 1 aliphatic rings. The molecule has 0 unspecified atom stereocenters. The molecule has 156 valence electrons. The molecule has 0 saturated heterocycles. The maximum absolute atomic E-state index is 13.4. The average Bonchev–Trinajstić information content (AvgIpc) is 3.01. The van der Waals surface area contributed by atoms with E-state index in [0.29, 0.717) is 17.7 Å². The Morgan fingerprint density at radius 1 is 0.839 bits per heavy atom. The second-order valence-corrected chi connectivity index (χ2v) is 7.38. The molecule has 1 aliphatic heterocycles. The zero-order valence-electron chi connectivity index (χ0n) is 17.6. The van der Waals surface area contributed by atoms with E-state index in [2.05, 4.69) is 5.32 Å². The normalized spacial score (nSPS) is 13.7. The summed E-state index contributed by atoms with van der Waals surface area (Å²) in [7, 11) is 0. The topological polar surface area (TPSA) is 58.6 Å². The van der Waals surface area contributed by atoms with Gasteiger partial charge in [0.1, 0.15) is 11.4 Å². The minimum Gasteiger partial charge on any atom is -0.494 e. The lowest BCUT2D eigenvalue weighted by molar-refractivity contribution is -0.137. The summed E-state index contributed by atoms with van der Waals surface area (Å²) in [5.41, 5.74) is 4.09. The first kappa shape index (κ1) is 20.4. The molecule has 5 heteroatoms. The van der Waals surface area contributed by atoms with Gasteiger partial charge in [-0.05, 0) is 49.2 Å². The maximum Gasteiger partial charge on any atom is 0.278 e. The van der Waals surface area contributed by atoms with E-state index in [1.54, 1.807) is 0 Å². The van der Waals surface area contributed by atoms with Crippen molar-refractivity contribution in [1.82, 2.24) is 4.90 Å². The number of benzene rings is 3. The van der Waals surface area contributed by atoms with Crippen molar-refractivity contribution in [2.75, 3.05) is 11.9 Å². The van der Waals surface area contributed by atoms with E-state index in [0.717, 1.165) is 22.6 Å². The molecule has 4 rings (SSSR count). The van der Waals surface area contributed by atoms with Crippen LogP contribution in [0.15, 0.2) is 84.6 Å². The van der Waals surface area contributed by atoms with Gasteiger partial charge in [0, 0.05) is 5.69 Å². The van der Waals surface area contributed by atoms with Crippen LogP contribution in [0.3, 0.4) is 0 Å². The lowest BCUT2D eigenvalue weighted by Gasteiger charge is -2.15. The first-order valence-electron chi connectivity index (χ1n) is 10.3. The van der Waals surface area contributed by atoms with E-state index in [1.165, 1.54) is 4.90 Å². The molecule has 0 aromatic heterocycles. The number of amides is 2. The fourth-order valence-corrected chi connectivity index (χ4v) is 3.54. The van der Waals surface area contributed by atoms with Crippen LogP contribution in [0, 0.1) is 6.92 Å². The van der Waals surface area contributed by atoms with Crippen molar-refractivity contribution in [3.8, 4) is 5.75 Å². The number of carbonyl (C=O) groups is 2. The largest absolute Gasteiger partial charge is 0.494 e. The van der Waals surface area contributed by atoms with Crippen molar-refractivity contribution in [2.45, 2.75) is 20.4 Å². The van der Waals surface area contributed by atoms with Gasteiger partial charge in [0.05, 0.1) is 18.7 Å². The highest BCUT2D eigenvalue weighted by Crippen LogP contribution is 2.32. The highest BCUT2D eigenvalue weighted by Gasteiger charge is 2.39. The Kier molecular flexibility index (Phi) is 5.85. The summed E-state index contributed by atoms with van der Waals surface area (Å²) in [5, 5.41) is 3.19. The van der Waals surface area contributed by atoms with Crippen LogP contribution in [0.4, 0.5) is 5.69 Å². The predicted molar refractivity (Wildman–Crippen MR) is 121 cm³/mol. The molecular weight excluding hydrogens is 388 g/mol. The smallest absolute Gasteiger partial charge is 0.278 e. The number of imide groups is 1. The zero-order valence-corrected chi connectivity index (χ0v) is 17.6. The molecule has 31 heavy (non-hydrogen) atoms.